The summed E-state index contributed by atoms with van der Waals surface area (Å²) < 4.78 is 63.7. The van der Waals surface area contributed by atoms with Gasteiger partial charge in [-0.25, -0.2) is 17.2 Å². The van der Waals surface area contributed by atoms with Crippen molar-refractivity contribution in [3.05, 3.63) is 83.6 Å². The molecule has 0 saturated carbocycles. The van der Waals surface area contributed by atoms with E-state index >= 15 is 4.39 Å². The Bertz CT molecular complexity index is 1710. The quantitative estimate of drug-likeness (QED) is 0.257. The number of benzene rings is 3. The average Bonchev–Trinajstić information content (AvgIpc) is 3.33. The minimum absolute atomic E-state index is 0.0502. The van der Waals surface area contributed by atoms with E-state index in [4.69, 9.17) is 4.74 Å². The molecule has 0 aliphatic carbocycles. The van der Waals surface area contributed by atoms with Crippen LogP contribution in [0.4, 0.5) is 14.5 Å². The molecule has 0 radical (unpaired) electrons. The third-order valence-corrected chi connectivity index (χ3v) is 8.74. The summed E-state index contributed by atoms with van der Waals surface area (Å²) in [7, 11) is -3.96. The van der Waals surface area contributed by atoms with Crippen LogP contribution in [0.1, 0.15) is 36.8 Å². The lowest BCUT2D eigenvalue weighted by atomic mass is 9.87. The zero-order valence-electron chi connectivity index (χ0n) is 23.8. The second kappa shape index (κ2) is 11.8. The molecule has 2 heterocycles. The van der Waals surface area contributed by atoms with E-state index in [-0.39, 0.29) is 32.8 Å². The standard InChI is InChI=1S/C31H34F2N4O4S/c1-31(2,3)20-7-10-22(11-8-20)42(39,40)36-21-9-12-26-24(19-21)27(23-5-4-6-25(32)28(23)33)29(35-26)30(38)34-13-14-37-15-17-41-18-16-37/h4-12,19,35-36H,13-18H2,1-3H3,(H,34,38). The Morgan fingerprint density at radius 3 is 2.43 bits per heavy atom. The SMILES string of the molecule is CC(C)(C)c1ccc(S(=O)(=O)Nc2ccc3[nH]c(C(=O)NCCN4CCOCC4)c(-c4cccc(F)c4F)c3c2)cc1. The van der Waals surface area contributed by atoms with Crippen LogP contribution in [0.5, 0.6) is 0 Å². The molecule has 0 atom stereocenters. The van der Waals surface area contributed by atoms with Gasteiger partial charge in [-0.2, -0.15) is 0 Å². The molecule has 1 aliphatic heterocycles. The Kier molecular flexibility index (Phi) is 8.36. The van der Waals surface area contributed by atoms with Crippen molar-refractivity contribution in [1.29, 1.82) is 0 Å². The molecule has 3 aromatic carbocycles. The monoisotopic (exact) mass is 596 g/mol. The molecule has 5 rings (SSSR count). The number of carbonyl (C=O) groups excluding carboxylic acids is 1. The fourth-order valence-corrected chi connectivity index (χ4v) is 6.04. The van der Waals surface area contributed by atoms with Gasteiger partial charge in [-0.05, 0) is 47.4 Å². The van der Waals surface area contributed by atoms with E-state index in [1.165, 1.54) is 18.2 Å². The number of H-pyrrole nitrogens is 1. The highest BCUT2D eigenvalue weighted by Gasteiger charge is 2.24. The summed E-state index contributed by atoms with van der Waals surface area (Å²) in [6.07, 6.45) is 0. The summed E-state index contributed by atoms with van der Waals surface area (Å²) in [6, 6.07) is 15.1. The zero-order valence-corrected chi connectivity index (χ0v) is 24.6. The van der Waals surface area contributed by atoms with E-state index in [1.54, 1.807) is 36.4 Å². The highest BCUT2D eigenvalue weighted by molar-refractivity contribution is 7.92. The lowest BCUT2D eigenvalue weighted by molar-refractivity contribution is 0.0383. The van der Waals surface area contributed by atoms with Gasteiger partial charge in [0.15, 0.2) is 11.6 Å². The molecule has 42 heavy (non-hydrogen) atoms. The van der Waals surface area contributed by atoms with E-state index < -0.39 is 27.6 Å². The minimum atomic E-state index is -3.96. The van der Waals surface area contributed by atoms with E-state index in [2.05, 4.69) is 19.9 Å². The summed E-state index contributed by atoms with van der Waals surface area (Å²) in [4.78, 5) is 18.6. The first-order valence-corrected chi connectivity index (χ1v) is 15.2. The van der Waals surface area contributed by atoms with Gasteiger partial charge in [0.25, 0.3) is 15.9 Å². The van der Waals surface area contributed by atoms with Gasteiger partial charge >= 0.3 is 0 Å². The van der Waals surface area contributed by atoms with Crippen molar-refractivity contribution < 1.29 is 26.7 Å². The molecule has 1 aromatic heterocycles. The smallest absolute Gasteiger partial charge is 0.268 e. The van der Waals surface area contributed by atoms with Gasteiger partial charge in [0.05, 0.1) is 18.1 Å². The fourth-order valence-electron chi connectivity index (χ4n) is 4.99. The number of nitrogens with zero attached hydrogens (tertiary/aromatic N) is 1. The predicted octanol–water partition coefficient (Wildman–Crippen LogP) is 5.27. The van der Waals surface area contributed by atoms with E-state index in [9.17, 15) is 17.6 Å². The number of anilines is 1. The number of carbonyl (C=O) groups is 1. The van der Waals surface area contributed by atoms with Crippen molar-refractivity contribution in [3.8, 4) is 11.1 Å². The Hall–Kier alpha value is -3.80. The van der Waals surface area contributed by atoms with Crippen molar-refractivity contribution in [1.82, 2.24) is 15.2 Å². The number of halogens is 2. The number of sulfonamides is 1. The van der Waals surface area contributed by atoms with Crippen LogP contribution in [0.2, 0.25) is 0 Å². The molecule has 1 amide bonds. The van der Waals surface area contributed by atoms with Gasteiger partial charge in [-0.3, -0.25) is 14.4 Å². The lowest BCUT2D eigenvalue weighted by Crippen LogP contribution is -2.41. The van der Waals surface area contributed by atoms with Crippen LogP contribution in [-0.4, -0.2) is 63.6 Å². The number of aromatic nitrogens is 1. The van der Waals surface area contributed by atoms with E-state index in [1.807, 2.05) is 20.8 Å². The molecule has 11 heteroatoms. The molecule has 0 spiro atoms. The minimum Gasteiger partial charge on any atom is -0.379 e. The van der Waals surface area contributed by atoms with Gasteiger partial charge in [0.1, 0.15) is 5.69 Å². The van der Waals surface area contributed by atoms with Crippen LogP contribution in [-0.2, 0) is 20.2 Å². The van der Waals surface area contributed by atoms with Gasteiger partial charge in [-0.1, -0.05) is 45.0 Å². The maximum atomic E-state index is 15.1. The van der Waals surface area contributed by atoms with Gasteiger partial charge in [-0.15, -0.1) is 0 Å². The fraction of sp³-hybridized carbons (Fsp3) is 0.323. The highest BCUT2D eigenvalue weighted by Crippen LogP contribution is 2.36. The van der Waals surface area contributed by atoms with Crippen LogP contribution in [0.15, 0.2) is 65.6 Å². The number of fused-ring (bicyclic) bond motifs is 1. The maximum absolute atomic E-state index is 15.1. The largest absolute Gasteiger partial charge is 0.379 e. The molecule has 1 saturated heterocycles. The van der Waals surface area contributed by atoms with Crippen molar-refractivity contribution in [3.63, 3.8) is 0 Å². The third-order valence-electron chi connectivity index (χ3n) is 7.35. The molecule has 8 nitrogen and oxygen atoms in total. The Morgan fingerprint density at radius 1 is 1.02 bits per heavy atom. The number of aromatic amines is 1. The number of nitrogens with one attached hydrogen (secondary N) is 3. The molecule has 3 N–H and O–H groups in total. The number of ether oxygens (including phenoxy) is 1. The summed E-state index contributed by atoms with van der Waals surface area (Å²) in [5, 5.41) is 3.22. The Balaban J connectivity index is 1.48. The van der Waals surface area contributed by atoms with Crippen molar-refractivity contribution in [2.24, 2.45) is 0 Å². The molecule has 4 aromatic rings. The molecule has 1 aliphatic rings. The van der Waals surface area contributed by atoms with Crippen LogP contribution in [0.3, 0.4) is 0 Å². The summed E-state index contributed by atoms with van der Waals surface area (Å²) >= 11 is 0. The van der Waals surface area contributed by atoms with Gasteiger partial charge in [0.2, 0.25) is 0 Å². The Labute approximate surface area is 244 Å². The van der Waals surface area contributed by atoms with Crippen LogP contribution in [0.25, 0.3) is 22.0 Å². The number of morpholine rings is 1. The van der Waals surface area contributed by atoms with Crippen molar-refractivity contribution in [2.45, 2.75) is 31.1 Å². The number of hydrogen-bond donors (Lipinski definition) is 3. The molecule has 0 unspecified atom stereocenters. The predicted molar refractivity (Wildman–Crippen MR) is 159 cm³/mol. The van der Waals surface area contributed by atoms with Gasteiger partial charge < -0.3 is 15.0 Å². The van der Waals surface area contributed by atoms with Crippen LogP contribution >= 0.6 is 0 Å². The number of hydrogen-bond acceptors (Lipinski definition) is 5. The van der Waals surface area contributed by atoms with Crippen molar-refractivity contribution >= 4 is 32.5 Å². The first kappa shape index (κ1) is 29.7. The van der Waals surface area contributed by atoms with Crippen LogP contribution < -0.4 is 10.0 Å². The normalized spacial score (nSPS) is 14.7. The van der Waals surface area contributed by atoms with Crippen molar-refractivity contribution in [2.75, 3.05) is 44.1 Å². The lowest BCUT2D eigenvalue weighted by Gasteiger charge is -2.26. The number of amides is 1. The van der Waals surface area contributed by atoms with E-state index in [0.29, 0.717) is 37.2 Å². The second-order valence-electron chi connectivity index (χ2n) is 11.3. The molecule has 0 bridgehead atoms. The third kappa shape index (κ3) is 6.33. The molecular formula is C31H34F2N4O4S. The Morgan fingerprint density at radius 2 is 1.74 bits per heavy atom. The van der Waals surface area contributed by atoms with Crippen LogP contribution in [0, 0.1) is 11.6 Å². The number of rotatable bonds is 8. The first-order chi connectivity index (χ1) is 19.9. The molecule has 1 fully saturated rings. The highest BCUT2D eigenvalue weighted by atomic mass is 32.2. The molecule has 222 valence electrons. The second-order valence-corrected chi connectivity index (χ2v) is 13.0. The topological polar surface area (TPSA) is 104 Å². The van der Waals surface area contributed by atoms with Gasteiger partial charge in [0, 0.05) is 53.9 Å². The maximum Gasteiger partial charge on any atom is 0.268 e. The average molecular weight is 597 g/mol. The van der Waals surface area contributed by atoms with E-state index in [0.717, 1.165) is 24.7 Å². The zero-order chi connectivity index (χ0) is 30.1. The summed E-state index contributed by atoms with van der Waals surface area (Å²) in [5.41, 5.74) is 1.60. The summed E-state index contributed by atoms with van der Waals surface area (Å²) in [6.45, 7) is 9.87. The summed E-state index contributed by atoms with van der Waals surface area (Å²) in [5.74, 6) is -2.65. The first-order valence-electron chi connectivity index (χ1n) is 13.8. The molecular weight excluding hydrogens is 562 g/mol.